The molecular formula is C20H25F3IN3O3. The second-order valence-corrected chi connectivity index (χ2v) is 5.86. The fourth-order valence-corrected chi connectivity index (χ4v) is 2.43. The van der Waals surface area contributed by atoms with Crippen molar-refractivity contribution in [2.45, 2.75) is 26.6 Å². The number of alkyl halides is 3. The monoisotopic (exact) mass is 539 g/mol. The van der Waals surface area contributed by atoms with Crippen LogP contribution in [0.2, 0.25) is 0 Å². The average Bonchev–Trinajstić information content (AvgIpc) is 2.67. The number of nitrogens with one attached hydrogen (secondary N) is 1. The Labute approximate surface area is 190 Å². The highest BCUT2D eigenvalue weighted by Crippen LogP contribution is 2.29. The van der Waals surface area contributed by atoms with Gasteiger partial charge in [0.1, 0.15) is 17.2 Å². The number of para-hydroxylation sites is 1. The van der Waals surface area contributed by atoms with Gasteiger partial charge in [0.25, 0.3) is 0 Å². The lowest BCUT2D eigenvalue weighted by atomic mass is 10.2. The molecule has 0 radical (unpaired) electrons. The molecule has 3 N–H and O–H groups in total. The van der Waals surface area contributed by atoms with E-state index in [-0.39, 0.29) is 42.2 Å². The molecule has 0 aliphatic carbocycles. The second-order valence-electron chi connectivity index (χ2n) is 5.86. The summed E-state index contributed by atoms with van der Waals surface area (Å²) in [6, 6.07) is 11.6. The van der Waals surface area contributed by atoms with Gasteiger partial charge in [-0.3, -0.25) is 0 Å². The number of hydrogen-bond acceptors (Lipinski definition) is 4. The van der Waals surface area contributed by atoms with Gasteiger partial charge in [-0.2, -0.15) is 13.2 Å². The highest BCUT2D eigenvalue weighted by Gasteiger charge is 2.28. The summed E-state index contributed by atoms with van der Waals surface area (Å²) in [4.78, 5) is 4.20. The van der Waals surface area contributed by atoms with Gasteiger partial charge in [-0.25, -0.2) is 4.99 Å². The molecule has 0 heterocycles. The number of rotatable bonds is 9. The van der Waals surface area contributed by atoms with Crippen LogP contribution in [-0.2, 0) is 6.54 Å². The van der Waals surface area contributed by atoms with Crippen LogP contribution in [0.25, 0.3) is 0 Å². The zero-order valence-electron chi connectivity index (χ0n) is 16.7. The van der Waals surface area contributed by atoms with Crippen LogP contribution >= 0.6 is 24.0 Å². The standard InChI is InChI=1S/C20H24F3N3O3.HI/c1-3-27-15-9-10-18(28-4-2)16(11-15)26-19(24)25-12-14-7-5-6-8-17(14)29-13-20(21,22)23;/h5-11H,3-4,12-13H2,1-2H3,(H3,24,25,26);1H. The molecule has 0 bridgehead atoms. The quantitative estimate of drug-likeness (QED) is 0.268. The Morgan fingerprint density at radius 2 is 1.70 bits per heavy atom. The molecule has 166 valence electrons. The number of halogens is 4. The minimum Gasteiger partial charge on any atom is -0.494 e. The maximum absolute atomic E-state index is 12.4. The van der Waals surface area contributed by atoms with Gasteiger partial charge in [-0.1, -0.05) is 18.2 Å². The van der Waals surface area contributed by atoms with Crippen molar-refractivity contribution in [3.05, 3.63) is 48.0 Å². The molecule has 2 rings (SSSR count). The maximum atomic E-state index is 12.4. The molecule has 0 aromatic heterocycles. The summed E-state index contributed by atoms with van der Waals surface area (Å²) in [5.41, 5.74) is 7.01. The zero-order chi connectivity index (χ0) is 21.3. The van der Waals surface area contributed by atoms with Crippen LogP contribution in [0.1, 0.15) is 19.4 Å². The molecule has 0 aliphatic heterocycles. The molecule has 0 unspecified atom stereocenters. The topological polar surface area (TPSA) is 78.1 Å². The Balaban J connectivity index is 0.00000450. The number of ether oxygens (including phenoxy) is 3. The van der Waals surface area contributed by atoms with Crippen molar-refractivity contribution in [2.75, 3.05) is 25.1 Å². The first-order valence-corrected chi connectivity index (χ1v) is 9.06. The van der Waals surface area contributed by atoms with Crippen LogP contribution in [0.15, 0.2) is 47.5 Å². The van der Waals surface area contributed by atoms with Crippen LogP contribution in [0.5, 0.6) is 17.2 Å². The number of hydrogen-bond donors (Lipinski definition) is 2. The van der Waals surface area contributed by atoms with Crippen LogP contribution in [-0.4, -0.2) is 32.0 Å². The predicted octanol–water partition coefficient (Wildman–Crippen LogP) is 4.97. The first kappa shape index (κ1) is 25.7. The lowest BCUT2D eigenvalue weighted by Gasteiger charge is -2.14. The molecule has 0 spiro atoms. The predicted molar refractivity (Wildman–Crippen MR) is 121 cm³/mol. The molecule has 0 fully saturated rings. The third-order valence-electron chi connectivity index (χ3n) is 3.61. The highest BCUT2D eigenvalue weighted by molar-refractivity contribution is 14.0. The highest BCUT2D eigenvalue weighted by atomic mass is 127. The van der Waals surface area contributed by atoms with Gasteiger partial charge in [0.05, 0.1) is 25.4 Å². The summed E-state index contributed by atoms with van der Waals surface area (Å²) >= 11 is 0. The van der Waals surface area contributed by atoms with E-state index in [0.29, 0.717) is 36.0 Å². The van der Waals surface area contributed by atoms with E-state index < -0.39 is 12.8 Å². The summed E-state index contributed by atoms with van der Waals surface area (Å²) in [6.45, 7) is 3.37. The maximum Gasteiger partial charge on any atom is 0.422 e. The smallest absolute Gasteiger partial charge is 0.422 e. The van der Waals surface area contributed by atoms with Crippen molar-refractivity contribution in [3.63, 3.8) is 0 Å². The Morgan fingerprint density at radius 1 is 1.00 bits per heavy atom. The molecule has 0 amide bonds. The molecule has 2 aromatic carbocycles. The van der Waals surface area contributed by atoms with Crippen LogP contribution in [0.3, 0.4) is 0 Å². The Hall–Kier alpha value is -2.37. The summed E-state index contributed by atoms with van der Waals surface area (Å²) in [7, 11) is 0. The van der Waals surface area contributed by atoms with Gasteiger partial charge >= 0.3 is 6.18 Å². The third kappa shape index (κ3) is 8.56. The van der Waals surface area contributed by atoms with Gasteiger partial charge in [0.2, 0.25) is 0 Å². The lowest BCUT2D eigenvalue weighted by Crippen LogP contribution is -2.23. The van der Waals surface area contributed by atoms with Gasteiger partial charge in [0.15, 0.2) is 12.6 Å². The Bertz CT molecular complexity index is 832. The fourth-order valence-electron chi connectivity index (χ4n) is 2.43. The van der Waals surface area contributed by atoms with Crippen LogP contribution in [0, 0.1) is 0 Å². The van der Waals surface area contributed by atoms with Crippen LogP contribution < -0.4 is 25.3 Å². The Morgan fingerprint density at radius 3 is 2.37 bits per heavy atom. The Kier molecular flexibility index (Phi) is 10.6. The van der Waals surface area contributed by atoms with Gasteiger partial charge < -0.3 is 25.3 Å². The third-order valence-corrected chi connectivity index (χ3v) is 3.61. The van der Waals surface area contributed by atoms with E-state index in [9.17, 15) is 13.2 Å². The van der Waals surface area contributed by atoms with Crippen molar-refractivity contribution in [1.82, 2.24) is 0 Å². The number of nitrogens with zero attached hydrogens (tertiary/aromatic N) is 1. The fraction of sp³-hybridized carbons (Fsp3) is 0.350. The first-order valence-electron chi connectivity index (χ1n) is 9.06. The van der Waals surface area contributed by atoms with Gasteiger partial charge in [0, 0.05) is 11.6 Å². The molecule has 0 atom stereocenters. The van der Waals surface area contributed by atoms with E-state index >= 15 is 0 Å². The normalized spacial score (nSPS) is 11.4. The number of benzene rings is 2. The minimum absolute atomic E-state index is 0. The minimum atomic E-state index is -4.42. The number of guanidine groups is 1. The average molecular weight is 539 g/mol. The summed E-state index contributed by atoms with van der Waals surface area (Å²) in [6.07, 6.45) is -4.42. The van der Waals surface area contributed by atoms with Crippen molar-refractivity contribution < 1.29 is 27.4 Å². The van der Waals surface area contributed by atoms with Crippen LogP contribution in [0.4, 0.5) is 18.9 Å². The lowest BCUT2D eigenvalue weighted by molar-refractivity contribution is -0.153. The molecule has 10 heteroatoms. The van der Waals surface area contributed by atoms with Crippen molar-refractivity contribution >= 4 is 35.6 Å². The summed E-state index contributed by atoms with van der Waals surface area (Å²) in [5.74, 6) is 1.39. The van der Waals surface area contributed by atoms with Crippen molar-refractivity contribution in [1.29, 1.82) is 0 Å². The summed E-state index contributed by atoms with van der Waals surface area (Å²) < 4.78 is 53.1. The molecule has 6 nitrogen and oxygen atoms in total. The number of anilines is 1. The molecule has 0 saturated carbocycles. The van der Waals surface area contributed by atoms with Crippen molar-refractivity contribution in [2.24, 2.45) is 10.7 Å². The molecule has 2 aromatic rings. The molecular weight excluding hydrogens is 514 g/mol. The number of nitrogens with two attached hydrogens (primary N) is 1. The van der Waals surface area contributed by atoms with Gasteiger partial charge in [-0.05, 0) is 32.0 Å². The zero-order valence-corrected chi connectivity index (χ0v) is 19.0. The van der Waals surface area contributed by atoms with Gasteiger partial charge in [-0.15, -0.1) is 24.0 Å². The first-order chi connectivity index (χ1) is 13.8. The number of aliphatic imine (C=N–C) groups is 1. The van der Waals surface area contributed by atoms with E-state index in [4.69, 9.17) is 19.9 Å². The van der Waals surface area contributed by atoms with E-state index in [1.165, 1.54) is 6.07 Å². The molecule has 0 saturated heterocycles. The van der Waals surface area contributed by atoms with E-state index in [0.717, 1.165) is 0 Å². The second kappa shape index (κ2) is 12.4. The van der Waals surface area contributed by atoms with Crippen molar-refractivity contribution in [3.8, 4) is 17.2 Å². The molecule has 0 aliphatic rings. The van der Waals surface area contributed by atoms with E-state index in [2.05, 4.69) is 10.3 Å². The summed E-state index contributed by atoms with van der Waals surface area (Å²) in [5, 5.41) is 2.94. The van der Waals surface area contributed by atoms with E-state index in [1.54, 1.807) is 36.4 Å². The molecule has 30 heavy (non-hydrogen) atoms. The van der Waals surface area contributed by atoms with E-state index in [1.807, 2.05) is 13.8 Å². The SMILES string of the molecule is CCOc1ccc(OCC)c(NC(N)=NCc2ccccc2OCC(F)(F)F)c1.I. The largest absolute Gasteiger partial charge is 0.494 e.